The lowest BCUT2D eigenvalue weighted by molar-refractivity contribution is 0.0403. The van der Waals surface area contributed by atoms with Gasteiger partial charge in [0, 0.05) is 19.7 Å². The van der Waals surface area contributed by atoms with Crippen LogP contribution in [0.1, 0.15) is 21.9 Å². The number of benzene rings is 1. The van der Waals surface area contributed by atoms with Crippen molar-refractivity contribution in [1.29, 1.82) is 0 Å². The predicted octanol–water partition coefficient (Wildman–Crippen LogP) is 2.45. The van der Waals surface area contributed by atoms with E-state index in [9.17, 15) is 21.6 Å². The minimum atomic E-state index is -3.75. The summed E-state index contributed by atoms with van der Waals surface area (Å²) >= 11 is 0. The number of nitrogens with zero attached hydrogens (tertiary/aromatic N) is 1. The van der Waals surface area contributed by atoms with Crippen LogP contribution in [0.4, 0.5) is 0 Å². The van der Waals surface area contributed by atoms with E-state index >= 15 is 0 Å². The van der Waals surface area contributed by atoms with E-state index in [1.165, 1.54) is 50.7 Å². The second-order valence-corrected chi connectivity index (χ2v) is 10.5. The van der Waals surface area contributed by atoms with E-state index in [1.807, 2.05) is 0 Å². The van der Waals surface area contributed by atoms with Crippen molar-refractivity contribution in [2.75, 3.05) is 14.1 Å². The summed E-state index contributed by atoms with van der Waals surface area (Å²) in [5, 5.41) is -0.286. The van der Waals surface area contributed by atoms with Crippen LogP contribution in [0.3, 0.4) is 0 Å². The molecule has 0 aliphatic heterocycles. The van der Waals surface area contributed by atoms with E-state index in [1.54, 1.807) is 18.2 Å². The van der Waals surface area contributed by atoms with Crippen LogP contribution in [0.5, 0.6) is 0 Å². The van der Waals surface area contributed by atoms with Gasteiger partial charge in [0.2, 0.25) is 10.9 Å². The van der Waals surface area contributed by atoms with Crippen molar-refractivity contribution >= 4 is 25.8 Å². The molecule has 0 saturated heterocycles. The van der Waals surface area contributed by atoms with E-state index in [2.05, 4.69) is 0 Å². The van der Waals surface area contributed by atoms with Crippen molar-refractivity contribution < 1.29 is 35.2 Å². The molecule has 3 aromatic rings. The van der Waals surface area contributed by atoms with Crippen LogP contribution in [-0.2, 0) is 37.0 Å². The van der Waals surface area contributed by atoms with Gasteiger partial charge in [0.05, 0.1) is 16.9 Å². The minimum absolute atomic E-state index is 0.105. The Bertz CT molecular complexity index is 1240. The molecule has 0 aliphatic carbocycles. The highest BCUT2D eigenvalue weighted by Gasteiger charge is 2.25. The first-order chi connectivity index (χ1) is 14.1. The summed E-state index contributed by atoms with van der Waals surface area (Å²) < 4.78 is 65.5. The standard InChI is InChI=1S/C19H19NO8S2/c1-20(2)30(24,25)17-9-8-15(28-17)12-27-19(21)18-14(10-11-26-18)13-29(22,23)16-6-4-3-5-7-16/h3-11H,12-13H2,1-2H3. The molecule has 0 spiro atoms. The smallest absolute Gasteiger partial charge is 0.374 e. The molecular formula is C19H19NO8S2. The molecular weight excluding hydrogens is 434 g/mol. The quantitative estimate of drug-likeness (QED) is 0.476. The molecule has 0 bridgehead atoms. The molecule has 30 heavy (non-hydrogen) atoms. The van der Waals surface area contributed by atoms with Crippen LogP contribution in [0.25, 0.3) is 0 Å². The Morgan fingerprint density at radius 2 is 1.70 bits per heavy atom. The second kappa shape index (κ2) is 8.46. The molecule has 0 fully saturated rings. The van der Waals surface area contributed by atoms with Gasteiger partial charge in [0.25, 0.3) is 10.0 Å². The first-order valence-corrected chi connectivity index (χ1v) is 11.7. The summed E-state index contributed by atoms with van der Waals surface area (Å²) in [6, 6.07) is 11.8. The van der Waals surface area contributed by atoms with Gasteiger partial charge in [0.1, 0.15) is 12.4 Å². The zero-order valence-corrected chi connectivity index (χ0v) is 17.8. The molecule has 9 nitrogen and oxygen atoms in total. The number of rotatable bonds is 8. The number of sulfone groups is 1. The highest BCUT2D eigenvalue weighted by Crippen LogP contribution is 2.22. The minimum Gasteiger partial charge on any atom is -0.457 e. The van der Waals surface area contributed by atoms with Gasteiger partial charge in [-0.05, 0) is 30.3 Å². The van der Waals surface area contributed by atoms with Crippen molar-refractivity contribution in [2.45, 2.75) is 22.3 Å². The molecule has 2 heterocycles. The summed E-state index contributed by atoms with van der Waals surface area (Å²) in [6.07, 6.45) is 1.20. The molecule has 0 amide bonds. The van der Waals surface area contributed by atoms with E-state index in [-0.39, 0.29) is 33.7 Å². The molecule has 3 rings (SSSR count). The SMILES string of the molecule is CN(C)S(=O)(=O)c1ccc(COC(=O)c2occc2CS(=O)(=O)c2ccccc2)o1. The first-order valence-electron chi connectivity index (χ1n) is 8.64. The summed E-state index contributed by atoms with van der Waals surface area (Å²) in [5.41, 5.74) is 0.152. The van der Waals surface area contributed by atoms with Crippen molar-refractivity contribution in [1.82, 2.24) is 4.31 Å². The number of hydrogen-bond acceptors (Lipinski definition) is 8. The number of ether oxygens (including phenoxy) is 1. The van der Waals surface area contributed by atoms with Gasteiger partial charge >= 0.3 is 5.97 Å². The maximum Gasteiger partial charge on any atom is 0.374 e. The monoisotopic (exact) mass is 453 g/mol. The van der Waals surface area contributed by atoms with Crippen LogP contribution in [0.2, 0.25) is 0 Å². The summed E-state index contributed by atoms with van der Waals surface area (Å²) in [4.78, 5) is 12.5. The van der Waals surface area contributed by atoms with E-state index in [0.717, 1.165) is 4.31 Å². The zero-order chi connectivity index (χ0) is 21.9. The van der Waals surface area contributed by atoms with Crippen molar-refractivity contribution in [3.8, 4) is 0 Å². The van der Waals surface area contributed by atoms with Gasteiger partial charge in [-0.25, -0.2) is 25.9 Å². The van der Waals surface area contributed by atoms with Crippen LogP contribution in [-0.4, -0.2) is 41.2 Å². The fourth-order valence-electron chi connectivity index (χ4n) is 2.50. The van der Waals surface area contributed by atoms with Gasteiger partial charge in [0.15, 0.2) is 9.84 Å². The van der Waals surface area contributed by atoms with Crippen molar-refractivity contribution in [3.63, 3.8) is 0 Å². The molecule has 0 unspecified atom stereocenters. The molecule has 2 aromatic heterocycles. The summed E-state index contributed by atoms with van der Waals surface area (Å²) in [5.74, 6) is -1.48. The summed E-state index contributed by atoms with van der Waals surface area (Å²) in [7, 11) is -4.71. The van der Waals surface area contributed by atoms with Gasteiger partial charge < -0.3 is 13.6 Å². The topological polar surface area (TPSA) is 124 Å². The first kappa shape index (κ1) is 21.8. The highest BCUT2D eigenvalue weighted by atomic mass is 32.2. The number of sulfonamides is 1. The van der Waals surface area contributed by atoms with Crippen LogP contribution in [0.15, 0.2) is 73.6 Å². The van der Waals surface area contributed by atoms with Gasteiger partial charge in [-0.15, -0.1) is 0 Å². The zero-order valence-electron chi connectivity index (χ0n) is 16.1. The second-order valence-electron chi connectivity index (χ2n) is 6.43. The number of carbonyl (C=O) groups is 1. The predicted molar refractivity (Wildman–Crippen MR) is 105 cm³/mol. The third-order valence-electron chi connectivity index (χ3n) is 4.10. The molecule has 1 aromatic carbocycles. The largest absolute Gasteiger partial charge is 0.457 e. The Kier molecular flexibility index (Phi) is 6.15. The molecule has 0 atom stereocenters. The Morgan fingerprint density at radius 1 is 1.00 bits per heavy atom. The molecule has 11 heteroatoms. The average Bonchev–Trinajstić information content (AvgIpc) is 3.36. The van der Waals surface area contributed by atoms with E-state index in [0.29, 0.717) is 0 Å². The fourth-order valence-corrected chi connectivity index (χ4v) is 4.69. The van der Waals surface area contributed by atoms with Crippen molar-refractivity contribution in [2.24, 2.45) is 0 Å². The highest BCUT2D eigenvalue weighted by molar-refractivity contribution is 7.90. The number of furan rings is 2. The molecule has 0 N–H and O–H groups in total. The van der Waals surface area contributed by atoms with Crippen LogP contribution >= 0.6 is 0 Å². The van der Waals surface area contributed by atoms with E-state index < -0.39 is 31.6 Å². The molecule has 160 valence electrons. The Hall–Kier alpha value is -2.89. The van der Waals surface area contributed by atoms with Gasteiger partial charge in [-0.2, -0.15) is 0 Å². The number of esters is 1. The summed E-state index contributed by atoms with van der Waals surface area (Å²) in [6.45, 7) is -0.354. The maximum absolute atomic E-state index is 12.5. The number of carbonyl (C=O) groups excluding carboxylic acids is 1. The third kappa shape index (κ3) is 4.64. The lowest BCUT2D eigenvalue weighted by atomic mass is 10.3. The van der Waals surface area contributed by atoms with E-state index in [4.69, 9.17) is 13.6 Å². The third-order valence-corrected chi connectivity index (χ3v) is 7.47. The molecule has 0 saturated carbocycles. The van der Waals surface area contributed by atoms with Gasteiger partial charge in [-0.3, -0.25) is 0 Å². The molecule has 0 radical (unpaired) electrons. The Morgan fingerprint density at radius 3 is 2.37 bits per heavy atom. The lowest BCUT2D eigenvalue weighted by Crippen LogP contribution is -2.21. The van der Waals surface area contributed by atoms with Crippen LogP contribution < -0.4 is 0 Å². The molecule has 0 aliphatic rings. The normalized spacial score (nSPS) is 12.2. The van der Waals surface area contributed by atoms with Crippen LogP contribution in [0, 0.1) is 0 Å². The Labute approximate surface area is 173 Å². The van der Waals surface area contributed by atoms with Gasteiger partial charge in [-0.1, -0.05) is 18.2 Å². The van der Waals surface area contributed by atoms with Crippen molar-refractivity contribution in [3.05, 3.63) is 71.9 Å². The maximum atomic E-state index is 12.5. The Balaban J connectivity index is 1.70. The fraction of sp³-hybridized carbons (Fsp3) is 0.211. The number of hydrogen-bond donors (Lipinski definition) is 0. The lowest BCUT2D eigenvalue weighted by Gasteiger charge is -2.08. The average molecular weight is 453 g/mol.